The molecule has 0 aliphatic rings. The molecule has 3 nitrogen and oxygen atoms in total. The number of halogens is 1. The molecule has 23 heavy (non-hydrogen) atoms. The van der Waals surface area contributed by atoms with Crippen LogP contribution in [0, 0.1) is 0 Å². The van der Waals surface area contributed by atoms with Crippen LogP contribution in [-0.4, -0.2) is 11.9 Å². The second kappa shape index (κ2) is 8.70. The van der Waals surface area contributed by atoms with E-state index >= 15 is 0 Å². The van der Waals surface area contributed by atoms with Crippen molar-refractivity contribution in [2.75, 3.05) is 0 Å². The molecule has 0 fully saturated rings. The van der Waals surface area contributed by atoms with Gasteiger partial charge in [-0.05, 0) is 24.5 Å². The number of carbonyl (C=O) groups excluding carboxylic acids is 1. The summed E-state index contributed by atoms with van der Waals surface area (Å²) in [5.41, 5.74) is 7.47. The summed E-state index contributed by atoms with van der Waals surface area (Å²) in [5.74, 6) is -0.114. The van der Waals surface area contributed by atoms with Crippen molar-refractivity contribution in [2.24, 2.45) is 5.73 Å². The molecular formula is C19H25ClN2O. The van der Waals surface area contributed by atoms with Gasteiger partial charge >= 0.3 is 0 Å². The highest BCUT2D eigenvalue weighted by molar-refractivity contribution is 5.85. The van der Waals surface area contributed by atoms with Gasteiger partial charge in [0.05, 0.1) is 11.6 Å². The summed E-state index contributed by atoms with van der Waals surface area (Å²) in [6.45, 7) is 4.05. The minimum absolute atomic E-state index is 0. The largest absolute Gasteiger partial charge is 0.341 e. The van der Waals surface area contributed by atoms with Crippen LogP contribution in [0.4, 0.5) is 0 Å². The third-order valence-electron chi connectivity index (χ3n) is 4.01. The summed E-state index contributed by atoms with van der Waals surface area (Å²) in [5, 5.41) is 3.15. The molecule has 0 aliphatic carbocycles. The van der Waals surface area contributed by atoms with Crippen molar-refractivity contribution in [3.63, 3.8) is 0 Å². The average molecular weight is 333 g/mol. The molecule has 3 N–H and O–H groups in total. The second-order valence-corrected chi connectivity index (χ2v) is 5.74. The van der Waals surface area contributed by atoms with Crippen LogP contribution in [0.2, 0.25) is 0 Å². The van der Waals surface area contributed by atoms with E-state index in [4.69, 9.17) is 5.73 Å². The van der Waals surface area contributed by atoms with E-state index in [-0.39, 0.29) is 18.3 Å². The number of rotatable bonds is 6. The molecule has 1 unspecified atom stereocenters. The van der Waals surface area contributed by atoms with E-state index in [2.05, 4.69) is 5.32 Å². The first-order valence-electron chi connectivity index (χ1n) is 7.76. The first-order valence-corrected chi connectivity index (χ1v) is 7.76. The lowest BCUT2D eigenvalue weighted by atomic mass is 9.84. The van der Waals surface area contributed by atoms with E-state index in [1.807, 2.05) is 74.5 Å². The molecule has 1 atom stereocenters. The van der Waals surface area contributed by atoms with E-state index < -0.39 is 11.6 Å². The van der Waals surface area contributed by atoms with E-state index in [1.165, 1.54) is 0 Å². The first kappa shape index (κ1) is 19.2. The van der Waals surface area contributed by atoms with Crippen LogP contribution in [0.15, 0.2) is 60.7 Å². The second-order valence-electron chi connectivity index (χ2n) is 5.74. The predicted octanol–water partition coefficient (Wildman–Crippen LogP) is 3.62. The van der Waals surface area contributed by atoms with Crippen LogP contribution in [-0.2, 0) is 10.3 Å². The molecular weight excluding hydrogens is 308 g/mol. The number of nitrogens with one attached hydrogen (secondary N) is 1. The van der Waals surface area contributed by atoms with Gasteiger partial charge in [0.1, 0.15) is 0 Å². The van der Waals surface area contributed by atoms with Crippen molar-refractivity contribution in [2.45, 2.75) is 38.3 Å². The van der Waals surface area contributed by atoms with Crippen molar-refractivity contribution >= 4 is 18.3 Å². The minimum atomic E-state index is -0.592. The van der Waals surface area contributed by atoms with Gasteiger partial charge in [-0.1, -0.05) is 74.0 Å². The lowest BCUT2D eigenvalue weighted by Crippen LogP contribution is -2.50. The summed E-state index contributed by atoms with van der Waals surface area (Å²) in [4.78, 5) is 12.5. The molecule has 0 heterocycles. The molecule has 0 spiro atoms. The Morgan fingerprint density at radius 2 is 1.48 bits per heavy atom. The highest BCUT2D eigenvalue weighted by Gasteiger charge is 2.31. The molecule has 0 aromatic heterocycles. The van der Waals surface area contributed by atoms with Gasteiger partial charge in [0, 0.05) is 0 Å². The van der Waals surface area contributed by atoms with E-state index in [0.29, 0.717) is 6.42 Å². The fourth-order valence-electron chi connectivity index (χ4n) is 2.64. The average Bonchev–Trinajstić information content (AvgIpc) is 2.56. The summed E-state index contributed by atoms with van der Waals surface area (Å²) in [7, 11) is 0. The van der Waals surface area contributed by atoms with Gasteiger partial charge < -0.3 is 11.1 Å². The van der Waals surface area contributed by atoms with Crippen molar-refractivity contribution in [3.8, 4) is 0 Å². The maximum absolute atomic E-state index is 12.5. The molecule has 0 bridgehead atoms. The van der Waals surface area contributed by atoms with Crippen LogP contribution in [0.1, 0.15) is 37.8 Å². The number of hydrogen-bond donors (Lipinski definition) is 2. The Bertz CT molecular complexity index is 562. The van der Waals surface area contributed by atoms with E-state index in [0.717, 1.165) is 17.5 Å². The van der Waals surface area contributed by atoms with Gasteiger partial charge in [-0.3, -0.25) is 4.79 Å². The molecule has 124 valence electrons. The zero-order chi connectivity index (χ0) is 16.0. The SMILES string of the molecule is CCCC(N)C(=O)NC(C)(c1ccccc1)c1ccccc1.Cl. The molecule has 2 aromatic carbocycles. The molecule has 0 saturated carbocycles. The molecule has 0 aliphatic heterocycles. The molecule has 0 saturated heterocycles. The standard InChI is InChI=1S/C19H24N2O.ClH/c1-3-10-17(20)18(22)21-19(2,15-11-6-4-7-12-15)16-13-8-5-9-14-16;/h4-9,11-14,17H,3,10,20H2,1-2H3,(H,21,22);1H. The topological polar surface area (TPSA) is 55.1 Å². The van der Waals surface area contributed by atoms with Gasteiger partial charge in [-0.25, -0.2) is 0 Å². The highest BCUT2D eigenvalue weighted by Crippen LogP contribution is 2.29. The van der Waals surface area contributed by atoms with Crippen LogP contribution >= 0.6 is 12.4 Å². The Kier molecular flexibility index (Phi) is 7.27. The Labute approximate surface area is 144 Å². The lowest BCUT2D eigenvalue weighted by molar-refractivity contribution is -0.124. The van der Waals surface area contributed by atoms with Crippen molar-refractivity contribution in [1.82, 2.24) is 5.32 Å². The Morgan fingerprint density at radius 3 is 1.87 bits per heavy atom. The Morgan fingerprint density at radius 1 is 1.04 bits per heavy atom. The minimum Gasteiger partial charge on any atom is -0.341 e. The van der Waals surface area contributed by atoms with E-state index in [9.17, 15) is 4.79 Å². The maximum atomic E-state index is 12.5. The summed E-state index contributed by atoms with van der Waals surface area (Å²) >= 11 is 0. The molecule has 2 rings (SSSR count). The summed E-state index contributed by atoms with van der Waals surface area (Å²) in [6.07, 6.45) is 1.58. The number of nitrogens with two attached hydrogens (primary N) is 1. The fourth-order valence-corrected chi connectivity index (χ4v) is 2.64. The third kappa shape index (κ3) is 4.57. The van der Waals surface area contributed by atoms with Gasteiger partial charge in [0.15, 0.2) is 0 Å². The first-order chi connectivity index (χ1) is 10.6. The van der Waals surface area contributed by atoms with Crippen LogP contribution in [0.25, 0.3) is 0 Å². The highest BCUT2D eigenvalue weighted by atomic mass is 35.5. The van der Waals surface area contributed by atoms with Crippen molar-refractivity contribution in [1.29, 1.82) is 0 Å². The number of benzene rings is 2. The molecule has 4 heteroatoms. The quantitative estimate of drug-likeness (QED) is 0.849. The predicted molar refractivity (Wildman–Crippen MR) is 97.6 cm³/mol. The lowest BCUT2D eigenvalue weighted by Gasteiger charge is -2.33. The van der Waals surface area contributed by atoms with Gasteiger partial charge in [0.25, 0.3) is 0 Å². The molecule has 1 amide bonds. The van der Waals surface area contributed by atoms with Crippen molar-refractivity contribution in [3.05, 3.63) is 71.8 Å². The van der Waals surface area contributed by atoms with Gasteiger partial charge in [-0.2, -0.15) is 0 Å². The fraction of sp³-hybridized carbons (Fsp3) is 0.316. The van der Waals surface area contributed by atoms with Gasteiger partial charge in [0.2, 0.25) is 5.91 Å². The van der Waals surface area contributed by atoms with Crippen molar-refractivity contribution < 1.29 is 4.79 Å². The normalized spacial score (nSPS) is 12.1. The van der Waals surface area contributed by atoms with Crippen LogP contribution in [0.5, 0.6) is 0 Å². The Hall–Kier alpha value is -1.84. The summed E-state index contributed by atoms with van der Waals surface area (Å²) < 4.78 is 0. The number of amides is 1. The molecule has 2 aromatic rings. The smallest absolute Gasteiger partial charge is 0.237 e. The third-order valence-corrected chi connectivity index (χ3v) is 4.01. The van der Waals surface area contributed by atoms with Gasteiger partial charge in [-0.15, -0.1) is 12.4 Å². The number of hydrogen-bond acceptors (Lipinski definition) is 2. The zero-order valence-electron chi connectivity index (χ0n) is 13.7. The maximum Gasteiger partial charge on any atom is 0.237 e. The molecule has 0 radical (unpaired) electrons. The Balaban J connectivity index is 0.00000264. The van der Waals surface area contributed by atoms with Crippen LogP contribution < -0.4 is 11.1 Å². The zero-order valence-corrected chi connectivity index (χ0v) is 14.5. The van der Waals surface area contributed by atoms with E-state index in [1.54, 1.807) is 0 Å². The van der Waals surface area contributed by atoms with Crippen LogP contribution in [0.3, 0.4) is 0 Å². The summed E-state index contributed by atoms with van der Waals surface area (Å²) in [6, 6.07) is 19.5. The number of carbonyl (C=O) groups is 1. The monoisotopic (exact) mass is 332 g/mol.